The average molecular weight is 311 g/mol. The lowest BCUT2D eigenvalue weighted by Gasteiger charge is -2.30. The molecule has 1 atom stereocenters. The molecule has 1 aromatic carbocycles. The highest BCUT2D eigenvalue weighted by molar-refractivity contribution is 6.31. The van der Waals surface area contributed by atoms with Gasteiger partial charge in [0.1, 0.15) is 0 Å². The first-order valence-electron chi connectivity index (χ1n) is 7.78. The van der Waals surface area contributed by atoms with Gasteiger partial charge >= 0.3 is 0 Å². The van der Waals surface area contributed by atoms with Gasteiger partial charge in [-0.2, -0.15) is 0 Å². The van der Waals surface area contributed by atoms with Crippen molar-refractivity contribution in [2.45, 2.75) is 58.0 Å². The zero-order chi connectivity index (χ0) is 15.2. The molecule has 1 aliphatic rings. The number of nitro groups is 1. The molecule has 0 saturated heterocycles. The zero-order valence-electron chi connectivity index (χ0n) is 12.5. The van der Waals surface area contributed by atoms with Gasteiger partial charge in [0.15, 0.2) is 0 Å². The second-order valence-corrected chi connectivity index (χ2v) is 6.23. The molecular weight excluding hydrogens is 288 g/mol. The molecule has 1 aromatic rings. The van der Waals surface area contributed by atoms with Crippen molar-refractivity contribution < 1.29 is 4.92 Å². The SMILES string of the molecule is CCC(NCc1ccc([N+](=O)[O-])cc1Cl)C1CCCCC1. The van der Waals surface area contributed by atoms with E-state index in [0.29, 0.717) is 17.6 Å². The standard InChI is InChI=1S/C16H23ClN2O2/c1-2-16(12-6-4-3-5-7-12)18-11-13-8-9-14(19(20)21)10-15(13)17/h8-10,12,16,18H,2-7,11H2,1H3. The number of nitro benzene ring substituents is 1. The Morgan fingerprint density at radius 3 is 2.67 bits per heavy atom. The van der Waals surface area contributed by atoms with Crippen molar-refractivity contribution in [3.63, 3.8) is 0 Å². The van der Waals surface area contributed by atoms with Crippen LogP contribution in [0.4, 0.5) is 5.69 Å². The number of hydrogen-bond donors (Lipinski definition) is 1. The molecule has 0 aliphatic heterocycles. The van der Waals surface area contributed by atoms with E-state index in [4.69, 9.17) is 11.6 Å². The van der Waals surface area contributed by atoms with Crippen molar-refractivity contribution in [2.75, 3.05) is 0 Å². The smallest absolute Gasteiger partial charge is 0.270 e. The lowest BCUT2D eigenvalue weighted by Crippen LogP contribution is -2.36. The minimum atomic E-state index is -0.417. The van der Waals surface area contributed by atoms with Gasteiger partial charge in [-0.05, 0) is 36.8 Å². The summed E-state index contributed by atoms with van der Waals surface area (Å²) in [6.45, 7) is 2.88. The third kappa shape index (κ3) is 4.42. The molecule has 0 amide bonds. The number of hydrogen-bond acceptors (Lipinski definition) is 3. The number of non-ortho nitro benzene ring substituents is 1. The average Bonchev–Trinajstić information content (AvgIpc) is 2.50. The van der Waals surface area contributed by atoms with Crippen LogP contribution in [0, 0.1) is 16.0 Å². The van der Waals surface area contributed by atoms with Gasteiger partial charge in [-0.1, -0.05) is 37.8 Å². The van der Waals surface area contributed by atoms with Crippen molar-refractivity contribution in [2.24, 2.45) is 5.92 Å². The molecule has 4 nitrogen and oxygen atoms in total. The summed E-state index contributed by atoms with van der Waals surface area (Å²) in [5.74, 6) is 0.751. The maximum Gasteiger partial charge on any atom is 0.270 e. The molecule has 116 valence electrons. The van der Waals surface area contributed by atoms with E-state index in [1.165, 1.54) is 44.2 Å². The van der Waals surface area contributed by atoms with Crippen molar-refractivity contribution >= 4 is 17.3 Å². The number of benzene rings is 1. The van der Waals surface area contributed by atoms with Crippen LogP contribution in [0.5, 0.6) is 0 Å². The first-order chi connectivity index (χ1) is 10.1. The first-order valence-corrected chi connectivity index (χ1v) is 8.15. The van der Waals surface area contributed by atoms with Gasteiger partial charge in [-0.15, -0.1) is 0 Å². The highest BCUT2D eigenvalue weighted by atomic mass is 35.5. The quantitative estimate of drug-likeness (QED) is 0.612. The van der Waals surface area contributed by atoms with Crippen LogP contribution in [0.2, 0.25) is 5.02 Å². The van der Waals surface area contributed by atoms with Crippen LogP contribution in [0.25, 0.3) is 0 Å². The van der Waals surface area contributed by atoms with Gasteiger partial charge in [-0.25, -0.2) is 0 Å². The third-order valence-corrected chi connectivity index (χ3v) is 4.81. The highest BCUT2D eigenvalue weighted by Crippen LogP contribution is 2.28. The van der Waals surface area contributed by atoms with Gasteiger partial charge in [-0.3, -0.25) is 10.1 Å². The summed E-state index contributed by atoms with van der Waals surface area (Å²) in [5.41, 5.74) is 0.972. The Hall–Kier alpha value is -1.13. The van der Waals surface area contributed by atoms with Gasteiger partial charge in [0, 0.05) is 24.7 Å². The van der Waals surface area contributed by atoms with Crippen LogP contribution in [0.1, 0.15) is 51.0 Å². The molecule has 0 heterocycles. The third-order valence-electron chi connectivity index (χ3n) is 4.46. The van der Waals surface area contributed by atoms with Crippen LogP contribution in [0.3, 0.4) is 0 Å². The maximum atomic E-state index is 10.7. The molecule has 1 N–H and O–H groups in total. The summed E-state index contributed by atoms with van der Waals surface area (Å²) >= 11 is 6.14. The Kier molecular flexibility index (Phi) is 6.00. The summed E-state index contributed by atoms with van der Waals surface area (Å²) < 4.78 is 0. The summed E-state index contributed by atoms with van der Waals surface area (Å²) in [6.07, 6.45) is 7.75. The van der Waals surface area contributed by atoms with Crippen molar-refractivity contribution in [1.29, 1.82) is 0 Å². The fourth-order valence-corrected chi connectivity index (χ4v) is 3.46. The molecule has 2 rings (SSSR count). The number of rotatable bonds is 6. The van der Waals surface area contributed by atoms with E-state index in [1.807, 2.05) is 0 Å². The molecule has 21 heavy (non-hydrogen) atoms. The van der Waals surface area contributed by atoms with Gasteiger partial charge in [0.05, 0.1) is 9.95 Å². The molecule has 1 saturated carbocycles. The topological polar surface area (TPSA) is 55.2 Å². The predicted octanol–water partition coefficient (Wildman–Crippen LogP) is 4.70. The molecule has 0 aromatic heterocycles. The Labute approximate surface area is 131 Å². The summed E-state index contributed by atoms with van der Waals surface area (Å²) in [7, 11) is 0. The fraction of sp³-hybridized carbons (Fsp3) is 0.625. The van der Waals surface area contributed by atoms with Gasteiger partial charge in [0.2, 0.25) is 0 Å². The van der Waals surface area contributed by atoms with E-state index in [1.54, 1.807) is 6.07 Å². The Morgan fingerprint density at radius 1 is 1.38 bits per heavy atom. The first kappa shape index (κ1) is 16.2. The normalized spacial score (nSPS) is 17.6. The van der Waals surface area contributed by atoms with Crippen LogP contribution in [0.15, 0.2) is 18.2 Å². The van der Waals surface area contributed by atoms with E-state index in [-0.39, 0.29) is 5.69 Å². The summed E-state index contributed by atoms with van der Waals surface area (Å²) in [4.78, 5) is 10.3. The Morgan fingerprint density at radius 2 is 2.10 bits per heavy atom. The lowest BCUT2D eigenvalue weighted by atomic mass is 9.83. The summed E-state index contributed by atoms with van der Waals surface area (Å²) in [5, 5.41) is 14.8. The van der Waals surface area contributed by atoms with Gasteiger partial charge < -0.3 is 5.32 Å². The Bertz CT molecular complexity index is 487. The van der Waals surface area contributed by atoms with Crippen LogP contribution in [-0.2, 0) is 6.54 Å². The van der Waals surface area contributed by atoms with Crippen molar-refractivity contribution in [3.05, 3.63) is 38.9 Å². The minimum Gasteiger partial charge on any atom is -0.310 e. The monoisotopic (exact) mass is 310 g/mol. The lowest BCUT2D eigenvalue weighted by molar-refractivity contribution is -0.384. The van der Waals surface area contributed by atoms with E-state index < -0.39 is 4.92 Å². The van der Waals surface area contributed by atoms with E-state index in [9.17, 15) is 10.1 Å². The number of nitrogens with zero attached hydrogens (tertiary/aromatic N) is 1. The highest BCUT2D eigenvalue weighted by Gasteiger charge is 2.22. The van der Waals surface area contributed by atoms with Crippen molar-refractivity contribution in [1.82, 2.24) is 5.32 Å². The second kappa shape index (κ2) is 7.76. The van der Waals surface area contributed by atoms with Crippen LogP contribution < -0.4 is 5.32 Å². The fourth-order valence-electron chi connectivity index (χ4n) is 3.22. The predicted molar refractivity (Wildman–Crippen MR) is 85.6 cm³/mol. The van der Waals surface area contributed by atoms with E-state index in [2.05, 4.69) is 12.2 Å². The molecule has 1 unspecified atom stereocenters. The molecule has 1 aliphatic carbocycles. The molecule has 0 spiro atoms. The zero-order valence-corrected chi connectivity index (χ0v) is 13.2. The van der Waals surface area contributed by atoms with E-state index >= 15 is 0 Å². The molecule has 0 bridgehead atoms. The summed E-state index contributed by atoms with van der Waals surface area (Å²) in [6, 6.07) is 5.21. The van der Waals surface area contributed by atoms with Gasteiger partial charge in [0.25, 0.3) is 5.69 Å². The van der Waals surface area contributed by atoms with Crippen molar-refractivity contribution in [3.8, 4) is 0 Å². The number of halogens is 1. The maximum absolute atomic E-state index is 10.7. The minimum absolute atomic E-state index is 0.0445. The molecule has 0 radical (unpaired) electrons. The Balaban J connectivity index is 1.96. The largest absolute Gasteiger partial charge is 0.310 e. The molecular formula is C16H23ClN2O2. The van der Waals surface area contributed by atoms with Crippen LogP contribution >= 0.6 is 11.6 Å². The second-order valence-electron chi connectivity index (χ2n) is 5.83. The van der Waals surface area contributed by atoms with E-state index in [0.717, 1.165) is 17.9 Å². The molecule has 1 fully saturated rings. The molecule has 5 heteroatoms. The van der Waals surface area contributed by atoms with Crippen LogP contribution in [-0.4, -0.2) is 11.0 Å². The number of nitrogens with one attached hydrogen (secondary N) is 1.